The molecule has 0 unspecified atom stereocenters. The maximum Gasteiger partial charge on any atom is 0.406 e. The first-order valence-electron chi connectivity index (χ1n) is 8.99. The summed E-state index contributed by atoms with van der Waals surface area (Å²) in [6, 6.07) is 11.3. The quantitative estimate of drug-likeness (QED) is 0.413. The van der Waals surface area contributed by atoms with Gasteiger partial charge in [0.05, 0.1) is 12.3 Å². The van der Waals surface area contributed by atoms with Crippen LogP contribution in [0.5, 0.6) is 0 Å². The van der Waals surface area contributed by atoms with E-state index in [1.807, 2.05) is 41.8 Å². The Morgan fingerprint density at radius 1 is 1.07 bits per heavy atom. The zero-order chi connectivity index (χ0) is 21.2. The van der Waals surface area contributed by atoms with Crippen LogP contribution in [0.4, 0.5) is 13.2 Å². The third kappa shape index (κ3) is 5.09. The van der Waals surface area contributed by atoms with Gasteiger partial charge in [-0.25, -0.2) is 0 Å². The van der Waals surface area contributed by atoms with Crippen LogP contribution >= 0.6 is 11.8 Å². The number of hydrogen-bond acceptors (Lipinski definition) is 4. The fourth-order valence-corrected chi connectivity index (χ4v) is 4.00. The lowest BCUT2D eigenvalue weighted by Crippen LogP contribution is -2.19. The predicted molar refractivity (Wildman–Crippen MR) is 105 cm³/mol. The first-order valence-corrected chi connectivity index (χ1v) is 9.97. The highest BCUT2D eigenvalue weighted by molar-refractivity contribution is 7.99. The van der Waals surface area contributed by atoms with Crippen LogP contribution in [0.1, 0.15) is 33.1 Å². The van der Waals surface area contributed by atoms with E-state index >= 15 is 0 Å². The largest absolute Gasteiger partial charge is 0.406 e. The van der Waals surface area contributed by atoms with Crippen LogP contribution in [0.3, 0.4) is 0 Å². The minimum Gasteiger partial charge on any atom is -0.339 e. The Labute approximate surface area is 170 Å². The molecule has 29 heavy (non-hydrogen) atoms. The fraction of sp³-hybridized carbons (Fsp3) is 0.350. The number of aromatic nitrogens is 4. The second kappa shape index (κ2) is 8.44. The maximum atomic E-state index is 12.8. The number of halogens is 3. The van der Waals surface area contributed by atoms with Gasteiger partial charge in [-0.05, 0) is 32.4 Å². The number of hydrogen-bond donors (Lipinski definition) is 0. The van der Waals surface area contributed by atoms with Crippen molar-refractivity contribution >= 4 is 17.5 Å². The summed E-state index contributed by atoms with van der Waals surface area (Å²) in [7, 11) is 0. The number of carbonyl (C=O) groups excluding carboxylic acids is 1. The topological polar surface area (TPSA) is 52.7 Å². The molecule has 154 valence electrons. The van der Waals surface area contributed by atoms with Crippen LogP contribution in [0, 0.1) is 20.8 Å². The molecule has 1 aromatic carbocycles. The number of thioether (sulfide) groups is 1. The standard InChI is InChI=1S/C20H21F3N4OS/c1-13-9-17(14(2)27(13)12-20(21,22)23)18(28)11-29-19-25-24-15(3)26(19)10-16-7-5-4-6-8-16/h4-9H,10-12H2,1-3H3. The number of aryl methyl sites for hydroxylation is 2. The van der Waals surface area contributed by atoms with Crippen molar-refractivity contribution in [2.75, 3.05) is 5.75 Å². The lowest BCUT2D eigenvalue weighted by atomic mass is 10.2. The molecule has 0 aliphatic rings. The van der Waals surface area contributed by atoms with Gasteiger partial charge in [-0.2, -0.15) is 13.2 Å². The van der Waals surface area contributed by atoms with E-state index < -0.39 is 12.7 Å². The van der Waals surface area contributed by atoms with Crippen LogP contribution in [0.15, 0.2) is 41.6 Å². The molecule has 3 rings (SSSR count). The molecule has 0 amide bonds. The molecule has 0 saturated carbocycles. The molecular weight excluding hydrogens is 401 g/mol. The third-order valence-corrected chi connectivity index (χ3v) is 5.60. The highest BCUT2D eigenvalue weighted by atomic mass is 32.2. The molecule has 0 saturated heterocycles. The van der Waals surface area contributed by atoms with Crippen LogP contribution in [0.2, 0.25) is 0 Å². The van der Waals surface area contributed by atoms with Gasteiger partial charge in [-0.15, -0.1) is 10.2 Å². The molecule has 2 heterocycles. The summed E-state index contributed by atoms with van der Waals surface area (Å²) in [6.07, 6.45) is -4.34. The van der Waals surface area contributed by atoms with E-state index in [0.717, 1.165) is 16.0 Å². The Kier molecular flexibility index (Phi) is 6.16. The average molecular weight is 422 g/mol. The van der Waals surface area contributed by atoms with Gasteiger partial charge < -0.3 is 9.13 Å². The van der Waals surface area contributed by atoms with E-state index in [2.05, 4.69) is 10.2 Å². The van der Waals surface area contributed by atoms with E-state index in [0.29, 0.717) is 28.7 Å². The maximum absolute atomic E-state index is 12.8. The molecule has 0 bridgehead atoms. The van der Waals surface area contributed by atoms with Crippen molar-refractivity contribution in [1.29, 1.82) is 0 Å². The zero-order valence-corrected chi connectivity index (χ0v) is 17.1. The normalized spacial score (nSPS) is 11.8. The molecule has 0 atom stereocenters. The molecular formula is C20H21F3N4OS. The monoisotopic (exact) mass is 422 g/mol. The smallest absolute Gasteiger partial charge is 0.339 e. The molecule has 0 fully saturated rings. The van der Waals surface area contributed by atoms with Gasteiger partial charge in [0.1, 0.15) is 12.4 Å². The lowest BCUT2D eigenvalue weighted by molar-refractivity contribution is -0.141. The first-order chi connectivity index (χ1) is 13.7. The highest BCUT2D eigenvalue weighted by Gasteiger charge is 2.30. The number of rotatable bonds is 7. The van der Waals surface area contributed by atoms with Crippen molar-refractivity contribution < 1.29 is 18.0 Å². The summed E-state index contributed by atoms with van der Waals surface area (Å²) in [6.45, 7) is 4.43. The van der Waals surface area contributed by atoms with Crippen molar-refractivity contribution in [2.24, 2.45) is 0 Å². The van der Waals surface area contributed by atoms with Gasteiger partial charge >= 0.3 is 6.18 Å². The summed E-state index contributed by atoms with van der Waals surface area (Å²) in [5.41, 5.74) is 2.13. The number of alkyl halides is 3. The Balaban J connectivity index is 1.73. The first kappa shape index (κ1) is 21.2. The Bertz CT molecular complexity index is 1010. The van der Waals surface area contributed by atoms with Crippen LogP contribution in [0.25, 0.3) is 0 Å². The molecule has 2 aromatic heterocycles. The molecule has 5 nitrogen and oxygen atoms in total. The van der Waals surface area contributed by atoms with E-state index in [4.69, 9.17) is 0 Å². The lowest BCUT2D eigenvalue weighted by Gasteiger charge is -2.12. The summed E-state index contributed by atoms with van der Waals surface area (Å²) in [4.78, 5) is 12.7. The van der Waals surface area contributed by atoms with E-state index in [1.165, 1.54) is 17.8 Å². The van der Waals surface area contributed by atoms with E-state index in [1.54, 1.807) is 13.8 Å². The molecule has 0 spiro atoms. The number of Topliss-reactive ketones (excluding diaryl/α,β-unsaturated/α-hetero) is 1. The minimum atomic E-state index is -4.34. The third-order valence-electron chi connectivity index (χ3n) is 4.63. The van der Waals surface area contributed by atoms with Gasteiger partial charge in [-0.1, -0.05) is 42.1 Å². The number of carbonyl (C=O) groups is 1. The Morgan fingerprint density at radius 2 is 1.76 bits per heavy atom. The fourth-order valence-electron chi connectivity index (χ4n) is 3.13. The van der Waals surface area contributed by atoms with Gasteiger partial charge in [0.15, 0.2) is 10.9 Å². The van der Waals surface area contributed by atoms with Crippen molar-refractivity contribution in [3.05, 3.63) is 64.7 Å². The average Bonchev–Trinajstić information content (AvgIpc) is 3.14. The highest BCUT2D eigenvalue weighted by Crippen LogP contribution is 2.25. The summed E-state index contributed by atoms with van der Waals surface area (Å²) in [5, 5.41) is 8.83. The van der Waals surface area contributed by atoms with Crippen molar-refractivity contribution in [2.45, 2.75) is 45.2 Å². The van der Waals surface area contributed by atoms with Gasteiger partial charge in [-0.3, -0.25) is 4.79 Å². The summed E-state index contributed by atoms with van der Waals surface area (Å²) < 4.78 is 41.4. The van der Waals surface area contributed by atoms with Crippen LogP contribution in [-0.4, -0.2) is 37.0 Å². The number of nitrogens with zero attached hydrogens (tertiary/aromatic N) is 4. The molecule has 0 N–H and O–H groups in total. The zero-order valence-electron chi connectivity index (χ0n) is 16.3. The SMILES string of the molecule is Cc1cc(C(=O)CSc2nnc(C)n2Cc2ccccc2)c(C)n1CC(F)(F)F. The molecule has 0 aliphatic carbocycles. The van der Waals surface area contributed by atoms with E-state index in [-0.39, 0.29) is 11.5 Å². The second-order valence-electron chi connectivity index (χ2n) is 6.80. The minimum absolute atomic E-state index is 0.0727. The molecule has 3 aromatic rings. The van der Waals surface area contributed by atoms with Gasteiger partial charge in [0, 0.05) is 17.0 Å². The van der Waals surface area contributed by atoms with Crippen LogP contribution < -0.4 is 0 Å². The van der Waals surface area contributed by atoms with Crippen LogP contribution in [-0.2, 0) is 13.1 Å². The van der Waals surface area contributed by atoms with Crippen molar-refractivity contribution in [3.63, 3.8) is 0 Å². The van der Waals surface area contributed by atoms with Crippen molar-refractivity contribution in [1.82, 2.24) is 19.3 Å². The summed E-state index contributed by atoms with van der Waals surface area (Å²) in [5.74, 6) is 0.569. The molecule has 0 aliphatic heterocycles. The van der Waals surface area contributed by atoms with Gasteiger partial charge in [0.25, 0.3) is 0 Å². The van der Waals surface area contributed by atoms with Gasteiger partial charge in [0.2, 0.25) is 0 Å². The molecule has 0 radical (unpaired) electrons. The molecule has 9 heteroatoms. The Hall–Kier alpha value is -2.55. The van der Waals surface area contributed by atoms with E-state index in [9.17, 15) is 18.0 Å². The number of ketones is 1. The van der Waals surface area contributed by atoms with Crippen molar-refractivity contribution in [3.8, 4) is 0 Å². The Morgan fingerprint density at radius 3 is 2.41 bits per heavy atom. The predicted octanol–water partition coefficient (Wildman–Crippen LogP) is 4.59. The summed E-state index contributed by atoms with van der Waals surface area (Å²) >= 11 is 1.24. The second-order valence-corrected chi connectivity index (χ2v) is 7.74. The number of benzene rings is 1.